The van der Waals surface area contributed by atoms with E-state index in [1.807, 2.05) is 0 Å². The van der Waals surface area contributed by atoms with Crippen molar-refractivity contribution in [1.29, 1.82) is 0 Å². The molecule has 2 amide bonds. The number of amides is 2. The van der Waals surface area contributed by atoms with E-state index in [0.717, 1.165) is 0 Å². The maximum atomic E-state index is 12.8. The second-order valence-electron chi connectivity index (χ2n) is 12.2. The predicted octanol–water partition coefficient (Wildman–Crippen LogP) is 1.25. The molecule has 0 atom stereocenters. The molecule has 0 aliphatic rings. The standard InChI is InChI=1S/C34H56N2O15S6/c37-25-35-7-15-56-13-5-31(43)50-23-33(19-46-27(39)1-9-52,20-47-28(40)2-10-53)17-45-18-34(21-48-29(41)3-11-54,22-49-30(42)4-12-55)24-51-32(44)6-14-57-16-8-36-26-38/h25-26,52-55H,1-24H2,(H,35,37)(H,36,38). The number of carbonyl (C=O) groups is 8. The number of hydrogen-bond acceptors (Lipinski definition) is 21. The highest BCUT2D eigenvalue weighted by Gasteiger charge is 2.41. The molecule has 17 nitrogen and oxygen atoms in total. The lowest BCUT2D eigenvalue weighted by Gasteiger charge is -2.35. The van der Waals surface area contributed by atoms with Gasteiger partial charge in [-0.2, -0.15) is 74.0 Å². The van der Waals surface area contributed by atoms with Crippen LogP contribution in [0.2, 0.25) is 0 Å². The molecule has 0 saturated carbocycles. The Morgan fingerprint density at radius 3 is 0.930 bits per heavy atom. The van der Waals surface area contributed by atoms with Crippen LogP contribution < -0.4 is 10.6 Å². The molecule has 0 aliphatic heterocycles. The lowest BCUT2D eigenvalue weighted by atomic mass is 9.90. The Kier molecular flexibility index (Phi) is 34.4. The third-order valence-corrected chi connectivity index (χ3v) is 10.0. The minimum absolute atomic E-state index is 0.000500. The van der Waals surface area contributed by atoms with Crippen molar-refractivity contribution in [3.63, 3.8) is 0 Å². The molecule has 0 unspecified atom stereocenters. The summed E-state index contributed by atoms with van der Waals surface area (Å²) in [6, 6.07) is 0. The average molecular weight is 925 g/mol. The summed E-state index contributed by atoms with van der Waals surface area (Å²) in [7, 11) is 0. The van der Waals surface area contributed by atoms with E-state index < -0.39 is 86.3 Å². The van der Waals surface area contributed by atoms with Gasteiger partial charge in [-0.1, -0.05) is 0 Å². The van der Waals surface area contributed by atoms with Gasteiger partial charge in [0.2, 0.25) is 12.8 Å². The molecule has 57 heavy (non-hydrogen) atoms. The van der Waals surface area contributed by atoms with Gasteiger partial charge in [0, 0.05) is 59.1 Å². The third kappa shape index (κ3) is 29.6. The molecule has 0 aliphatic carbocycles. The van der Waals surface area contributed by atoms with Gasteiger partial charge in [0.1, 0.15) is 39.6 Å². The predicted molar refractivity (Wildman–Crippen MR) is 227 cm³/mol. The van der Waals surface area contributed by atoms with Crippen LogP contribution in [0.15, 0.2) is 0 Å². The van der Waals surface area contributed by atoms with Gasteiger partial charge < -0.3 is 43.8 Å². The molecule has 0 bridgehead atoms. The Morgan fingerprint density at radius 2 is 0.684 bits per heavy atom. The zero-order chi connectivity index (χ0) is 42.6. The van der Waals surface area contributed by atoms with Gasteiger partial charge in [0.05, 0.1) is 62.6 Å². The van der Waals surface area contributed by atoms with Gasteiger partial charge in [0.15, 0.2) is 0 Å². The van der Waals surface area contributed by atoms with E-state index in [1.165, 1.54) is 23.5 Å². The quantitative estimate of drug-likeness (QED) is 0.0169. The first-order chi connectivity index (χ1) is 27.4. The van der Waals surface area contributed by atoms with Gasteiger partial charge in [-0.25, -0.2) is 0 Å². The van der Waals surface area contributed by atoms with Crippen molar-refractivity contribution >= 4 is 123 Å². The summed E-state index contributed by atoms with van der Waals surface area (Å²) in [4.78, 5) is 96.6. The maximum absolute atomic E-state index is 12.8. The van der Waals surface area contributed by atoms with Gasteiger partial charge in [-0.05, 0) is 0 Å². The molecule has 23 heteroatoms. The van der Waals surface area contributed by atoms with Crippen LogP contribution >= 0.6 is 74.0 Å². The summed E-state index contributed by atoms with van der Waals surface area (Å²) in [5, 5.41) is 5.05. The number of ether oxygens (including phenoxy) is 7. The highest BCUT2D eigenvalue weighted by atomic mass is 32.2. The molecule has 0 saturated heterocycles. The van der Waals surface area contributed by atoms with Crippen LogP contribution in [0.5, 0.6) is 0 Å². The van der Waals surface area contributed by atoms with Gasteiger partial charge in [0.25, 0.3) is 0 Å². The molecule has 0 heterocycles. The van der Waals surface area contributed by atoms with Crippen molar-refractivity contribution in [3.05, 3.63) is 0 Å². The molecule has 0 fully saturated rings. The van der Waals surface area contributed by atoms with E-state index in [4.69, 9.17) is 33.2 Å². The molecule has 0 rings (SSSR count). The fourth-order valence-corrected chi connectivity index (χ4v) is 6.36. The van der Waals surface area contributed by atoms with E-state index in [-0.39, 0.29) is 74.8 Å². The monoisotopic (exact) mass is 924 g/mol. The fraction of sp³-hybridized carbons (Fsp3) is 0.765. The van der Waals surface area contributed by atoms with E-state index in [0.29, 0.717) is 48.9 Å². The average Bonchev–Trinajstić information content (AvgIpc) is 3.18. The summed E-state index contributed by atoms with van der Waals surface area (Å²) in [6.07, 6.45) is 0.957. The largest absolute Gasteiger partial charge is 0.465 e. The summed E-state index contributed by atoms with van der Waals surface area (Å²) >= 11 is 19.1. The first kappa shape index (κ1) is 54.8. The van der Waals surface area contributed by atoms with Crippen molar-refractivity contribution in [2.24, 2.45) is 10.8 Å². The fourth-order valence-electron chi connectivity index (χ4n) is 4.08. The lowest BCUT2D eigenvalue weighted by Crippen LogP contribution is -2.47. The molecule has 0 aromatic heterocycles. The van der Waals surface area contributed by atoms with Crippen LogP contribution in [-0.4, -0.2) is 161 Å². The molecule has 0 spiro atoms. The molecule has 0 aromatic carbocycles. The Morgan fingerprint density at radius 1 is 0.421 bits per heavy atom. The van der Waals surface area contributed by atoms with Crippen molar-refractivity contribution in [2.45, 2.75) is 38.5 Å². The Hall–Kier alpha value is -2.18. The molecule has 0 radical (unpaired) electrons. The summed E-state index contributed by atoms with van der Waals surface area (Å²) in [5.74, 6) is -1.10. The van der Waals surface area contributed by atoms with Crippen LogP contribution in [0.4, 0.5) is 0 Å². The van der Waals surface area contributed by atoms with Crippen molar-refractivity contribution in [1.82, 2.24) is 10.6 Å². The molecular weight excluding hydrogens is 869 g/mol. The minimum Gasteiger partial charge on any atom is -0.465 e. The highest BCUT2D eigenvalue weighted by molar-refractivity contribution is 7.99. The Bertz CT molecular complexity index is 1070. The second kappa shape index (κ2) is 35.7. The van der Waals surface area contributed by atoms with Gasteiger partial charge in [-0.15, -0.1) is 0 Å². The summed E-state index contributed by atoms with van der Waals surface area (Å²) in [5.41, 5.74) is -2.95. The number of esters is 6. The number of carbonyl (C=O) groups excluding carboxylic acids is 8. The molecule has 0 aromatic rings. The van der Waals surface area contributed by atoms with Crippen LogP contribution in [0.3, 0.4) is 0 Å². The molecular formula is C34H56N2O15S6. The highest BCUT2D eigenvalue weighted by Crippen LogP contribution is 2.27. The molecule has 2 N–H and O–H groups in total. The smallest absolute Gasteiger partial charge is 0.306 e. The number of nitrogens with one attached hydrogen (secondary N) is 2. The number of thiol groups is 4. The van der Waals surface area contributed by atoms with Gasteiger partial charge >= 0.3 is 35.8 Å². The van der Waals surface area contributed by atoms with E-state index in [9.17, 15) is 38.4 Å². The van der Waals surface area contributed by atoms with E-state index in [1.54, 1.807) is 0 Å². The van der Waals surface area contributed by atoms with Crippen molar-refractivity contribution in [3.8, 4) is 0 Å². The first-order valence-electron chi connectivity index (χ1n) is 17.9. The zero-order valence-corrected chi connectivity index (χ0v) is 37.1. The van der Waals surface area contributed by atoms with Crippen LogP contribution in [0.1, 0.15) is 38.5 Å². The van der Waals surface area contributed by atoms with Crippen LogP contribution in [0, 0.1) is 10.8 Å². The van der Waals surface area contributed by atoms with Crippen molar-refractivity contribution < 1.29 is 71.5 Å². The summed E-state index contributed by atoms with van der Waals surface area (Å²) < 4.78 is 39.4. The molecule has 328 valence electrons. The first-order valence-corrected chi connectivity index (χ1v) is 22.7. The number of thioether (sulfide) groups is 2. The third-order valence-electron chi connectivity index (χ3n) is 7.17. The summed E-state index contributed by atoms with van der Waals surface area (Å²) in [6.45, 7) is -2.50. The number of hydrogen-bond donors (Lipinski definition) is 6. The Balaban J connectivity index is 6.46. The normalized spacial score (nSPS) is 11.2. The van der Waals surface area contributed by atoms with Gasteiger partial charge in [-0.3, -0.25) is 38.4 Å². The second-order valence-corrected chi connectivity index (χ2v) is 16.5. The minimum atomic E-state index is -1.47. The van der Waals surface area contributed by atoms with Crippen LogP contribution in [0.25, 0.3) is 0 Å². The Labute approximate surface area is 364 Å². The zero-order valence-electron chi connectivity index (χ0n) is 31.9. The van der Waals surface area contributed by atoms with Crippen LogP contribution in [-0.2, 0) is 71.5 Å². The van der Waals surface area contributed by atoms with E-state index in [2.05, 4.69) is 61.1 Å². The van der Waals surface area contributed by atoms with E-state index >= 15 is 0 Å². The topological polar surface area (TPSA) is 225 Å². The SMILES string of the molecule is O=CNCCSCCC(=O)OCC(COCC(COC(=O)CCS)(COC(=O)CCS)COC(=O)CCSCCNC=O)(COC(=O)CCS)COC(=O)CCS. The number of rotatable bonds is 38. The van der Waals surface area contributed by atoms with Crippen molar-refractivity contribution in [2.75, 3.05) is 112 Å². The lowest BCUT2D eigenvalue weighted by molar-refractivity contribution is -0.174. The maximum Gasteiger partial charge on any atom is 0.306 e.